The summed E-state index contributed by atoms with van der Waals surface area (Å²) in [6, 6.07) is 21.0. The summed E-state index contributed by atoms with van der Waals surface area (Å²) in [5.74, 6) is 0.835. The summed E-state index contributed by atoms with van der Waals surface area (Å²) < 4.78 is 0. The van der Waals surface area contributed by atoms with Crippen molar-refractivity contribution in [3.05, 3.63) is 83.7 Å². The molecule has 158 valence electrons. The number of fused-ring (bicyclic) bond motifs is 3. The Hall–Kier alpha value is -2.59. The van der Waals surface area contributed by atoms with Gasteiger partial charge in [0.05, 0.1) is 5.69 Å². The van der Waals surface area contributed by atoms with Gasteiger partial charge in [0.2, 0.25) is 0 Å². The average Bonchev–Trinajstić information content (AvgIpc) is 3.05. The maximum absolute atomic E-state index is 13.4. The van der Waals surface area contributed by atoms with Gasteiger partial charge in [0, 0.05) is 23.2 Å². The largest absolute Gasteiger partial charge is 0.333 e. The van der Waals surface area contributed by atoms with Crippen LogP contribution in [-0.4, -0.2) is 28.4 Å². The highest BCUT2D eigenvalue weighted by molar-refractivity contribution is 7.98. The van der Waals surface area contributed by atoms with Crippen molar-refractivity contribution in [3.8, 4) is 0 Å². The molecule has 1 aromatic heterocycles. The molecule has 5 rings (SSSR count). The summed E-state index contributed by atoms with van der Waals surface area (Å²) in [6.07, 6.45) is 5.46. The molecule has 2 atom stereocenters. The first-order chi connectivity index (χ1) is 15.0. The standard InChI is InChI=1S/C27H28N2OS/c1-3-19-14-22-16-27(2,15-19)18-29(22)26(30)24-12-7-10-21(28-24)17-31-25-13-6-9-20-8-4-5-11-23(20)25/h3-13,22H,14-18H2,1-2H3/b19-3-/t22-,27+/m1/s1. The van der Waals surface area contributed by atoms with Gasteiger partial charge in [-0.15, -0.1) is 11.8 Å². The molecule has 4 heteroatoms. The zero-order chi connectivity index (χ0) is 21.4. The highest BCUT2D eigenvalue weighted by Crippen LogP contribution is 2.47. The van der Waals surface area contributed by atoms with E-state index in [2.05, 4.69) is 67.3 Å². The van der Waals surface area contributed by atoms with Crippen LogP contribution < -0.4 is 0 Å². The number of nitrogens with zero attached hydrogens (tertiary/aromatic N) is 2. The first-order valence-electron chi connectivity index (χ1n) is 11.1. The highest BCUT2D eigenvalue weighted by atomic mass is 32.2. The maximum atomic E-state index is 13.4. The zero-order valence-electron chi connectivity index (χ0n) is 18.2. The lowest BCUT2D eigenvalue weighted by atomic mass is 9.75. The molecule has 0 radical (unpaired) electrons. The van der Waals surface area contributed by atoms with Crippen molar-refractivity contribution in [3.63, 3.8) is 0 Å². The predicted octanol–water partition coefficient (Wildman–Crippen LogP) is 6.49. The van der Waals surface area contributed by atoms with Crippen molar-refractivity contribution >= 4 is 28.4 Å². The maximum Gasteiger partial charge on any atom is 0.272 e. The van der Waals surface area contributed by atoms with Gasteiger partial charge in [-0.25, -0.2) is 4.98 Å². The van der Waals surface area contributed by atoms with E-state index in [0.717, 1.165) is 37.3 Å². The number of allylic oxidation sites excluding steroid dienone is 1. The van der Waals surface area contributed by atoms with Crippen LogP contribution in [0.3, 0.4) is 0 Å². The molecule has 2 bridgehead atoms. The molecule has 1 saturated heterocycles. The van der Waals surface area contributed by atoms with Crippen LogP contribution >= 0.6 is 11.8 Å². The van der Waals surface area contributed by atoms with Crippen LogP contribution in [0.2, 0.25) is 0 Å². The highest BCUT2D eigenvalue weighted by Gasteiger charge is 2.47. The predicted molar refractivity (Wildman–Crippen MR) is 128 cm³/mol. The fourth-order valence-electron chi connectivity index (χ4n) is 5.27. The molecular formula is C27H28N2OS. The molecule has 0 unspecified atom stereocenters. The van der Waals surface area contributed by atoms with Gasteiger partial charge in [-0.1, -0.05) is 61.0 Å². The molecule has 1 amide bonds. The molecular weight excluding hydrogens is 400 g/mol. The minimum atomic E-state index is 0.0862. The number of rotatable bonds is 4. The van der Waals surface area contributed by atoms with E-state index >= 15 is 0 Å². The van der Waals surface area contributed by atoms with E-state index < -0.39 is 0 Å². The number of amides is 1. The van der Waals surface area contributed by atoms with Crippen molar-refractivity contribution < 1.29 is 4.79 Å². The van der Waals surface area contributed by atoms with Gasteiger partial charge in [-0.05, 0) is 60.6 Å². The zero-order valence-corrected chi connectivity index (χ0v) is 19.0. The van der Waals surface area contributed by atoms with Crippen LogP contribution in [0.1, 0.15) is 49.3 Å². The number of thioether (sulfide) groups is 1. The number of pyridine rings is 1. The number of likely N-dealkylation sites (tertiary alicyclic amines) is 1. The van der Waals surface area contributed by atoms with E-state index in [4.69, 9.17) is 4.98 Å². The lowest BCUT2D eigenvalue weighted by Crippen LogP contribution is -2.36. The summed E-state index contributed by atoms with van der Waals surface area (Å²) in [7, 11) is 0. The molecule has 31 heavy (non-hydrogen) atoms. The van der Waals surface area contributed by atoms with Crippen molar-refractivity contribution in [2.45, 2.75) is 49.8 Å². The summed E-state index contributed by atoms with van der Waals surface area (Å²) in [4.78, 5) is 21.5. The number of carbonyl (C=O) groups is 1. The lowest BCUT2D eigenvalue weighted by molar-refractivity contribution is 0.0726. The number of hydrogen-bond donors (Lipinski definition) is 0. The number of carbonyl (C=O) groups excluding carboxylic acids is 1. The van der Waals surface area contributed by atoms with Crippen LogP contribution in [0, 0.1) is 5.41 Å². The first-order valence-corrected chi connectivity index (χ1v) is 12.0. The van der Waals surface area contributed by atoms with Gasteiger partial charge >= 0.3 is 0 Å². The molecule has 2 aliphatic rings. The molecule has 3 aromatic rings. The lowest BCUT2D eigenvalue weighted by Gasteiger charge is -2.29. The summed E-state index contributed by atoms with van der Waals surface area (Å²) >= 11 is 1.78. The molecule has 2 fully saturated rings. The molecule has 1 aliphatic heterocycles. The van der Waals surface area contributed by atoms with Gasteiger partial charge in [0.15, 0.2) is 0 Å². The molecule has 1 aliphatic carbocycles. The van der Waals surface area contributed by atoms with Crippen LogP contribution in [-0.2, 0) is 5.75 Å². The van der Waals surface area contributed by atoms with E-state index in [9.17, 15) is 4.79 Å². The summed E-state index contributed by atoms with van der Waals surface area (Å²) in [6.45, 7) is 5.28. The van der Waals surface area contributed by atoms with Gasteiger partial charge in [-0.2, -0.15) is 0 Å². The fourth-order valence-corrected chi connectivity index (χ4v) is 6.25. The molecule has 1 saturated carbocycles. The second-order valence-electron chi connectivity index (χ2n) is 9.21. The number of aromatic nitrogens is 1. The molecule has 2 heterocycles. The third kappa shape index (κ3) is 4.01. The molecule has 0 spiro atoms. The first kappa shape index (κ1) is 20.3. The van der Waals surface area contributed by atoms with E-state index in [1.165, 1.54) is 21.2 Å². The Morgan fingerprint density at radius 2 is 1.97 bits per heavy atom. The SMILES string of the molecule is C/C=C1/C[C@@H]2C[C@](C)(C1)CN2C(=O)c1cccc(CSc2cccc3ccccc23)n1. The minimum absolute atomic E-state index is 0.0862. The fraction of sp³-hybridized carbons (Fsp3) is 0.333. The van der Waals surface area contributed by atoms with Crippen LogP contribution in [0.25, 0.3) is 10.8 Å². The van der Waals surface area contributed by atoms with E-state index in [1.54, 1.807) is 11.8 Å². The number of hydrogen-bond acceptors (Lipinski definition) is 3. The van der Waals surface area contributed by atoms with E-state index in [1.807, 2.05) is 18.2 Å². The van der Waals surface area contributed by atoms with Crippen LogP contribution in [0.4, 0.5) is 0 Å². The Bertz CT molecular complexity index is 1170. The van der Waals surface area contributed by atoms with Gasteiger partial charge in [-0.3, -0.25) is 4.79 Å². The Balaban J connectivity index is 1.33. The van der Waals surface area contributed by atoms with E-state index in [0.29, 0.717) is 11.7 Å². The topological polar surface area (TPSA) is 33.2 Å². The quantitative estimate of drug-likeness (QED) is 0.352. The van der Waals surface area contributed by atoms with Gasteiger partial charge in [0.25, 0.3) is 5.91 Å². The van der Waals surface area contributed by atoms with Crippen molar-refractivity contribution in [1.29, 1.82) is 0 Å². The van der Waals surface area contributed by atoms with Gasteiger partial charge < -0.3 is 4.90 Å². The van der Waals surface area contributed by atoms with Crippen LogP contribution in [0.5, 0.6) is 0 Å². The molecule has 0 N–H and O–H groups in total. The average molecular weight is 429 g/mol. The van der Waals surface area contributed by atoms with Crippen molar-refractivity contribution in [2.75, 3.05) is 6.54 Å². The van der Waals surface area contributed by atoms with Crippen molar-refractivity contribution in [2.24, 2.45) is 5.41 Å². The van der Waals surface area contributed by atoms with E-state index in [-0.39, 0.29) is 11.3 Å². The van der Waals surface area contributed by atoms with Crippen LogP contribution in [0.15, 0.2) is 77.2 Å². The third-order valence-corrected chi connectivity index (χ3v) is 7.80. The third-order valence-electron chi connectivity index (χ3n) is 6.69. The Morgan fingerprint density at radius 3 is 2.84 bits per heavy atom. The smallest absolute Gasteiger partial charge is 0.272 e. The summed E-state index contributed by atoms with van der Waals surface area (Å²) in [5.41, 5.74) is 3.23. The Morgan fingerprint density at radius 1 is 1.16 bits per heavy atom. The second-order valence-corrected chi connectivity index (χ2v) is 10.2. The Kier molecular flexibility index (Phi) is 5.35. The summed E-state index contributed by atoms with van der Waals surface area (Å²) in [5, 5.41) is 2.51. The Labute approximate surface area is 188 Å². The monoisotopic (exact) mass is 428 g/mol. The molecule has 2 aromatic carbocycles. The normalized spacial score (nSPS) is 24.1. The molecule has 3 nitrogen and oxygen atoms in total. The second kappa shape index (κ2) is 8.16. The van der Waals surface area contributed by atoms with Crippen molar-refractivity contribution in [1.82, 2.24) is 9.88 Å². The van der Waals surface area contributed by atoms with Gasteiger partial charge in [0.1, 0.15) is 5.69 Å². The minimum Gasteiger partial charge on any atom is -0.333 e. The number of benzene rings is 2.